The zero-order valence-corrected chi connectivity index (χ0v) is 12.1. The van der Waals surface area contributed by atoms with Crippen LogP contribution in [0.3, 0.4) is 0 Å². The van der Waals surface area contributed by atoms with E-state index in [-0.39, 0.29) is 10.7 Å². The van der Waals surface area contributed by atoms with Crippen molar-refractivity contribution in [3.8, 4) is 5.75 Å². The standard InChI is InChI=1S/C13H16BrNO3/c1-7(16)15-8-4-5-10-9(6-8)11(17)12(14)13(2,3)18-10/h4-6,11-12,17H,1-3H3,(H,15,16). The van der Waals surface area contributed by atoms with E-state index in [1.54, 1.807) is 18.2 Å². The Bertz CT molecular complexity index is 487. The number of anilines is 1. The van der Waals surface area contributed by atoms with E-state index in [1.165, 1.54) is 6.92 Å². The molecule has 4 nitrogen and oxygen atoms in total. The Balaban J connectivity index is 2.39. The van der Waals surface area contributed by atoms with Gasteiger partial charge in [0, 0.05) is 18.2 Å². The number of amides is 1. The third kappa shape index (κ3) is 2.37. The molecule has 2 unspecified atom stereocenters. The van der Waals surface area contributed by atoms with E-state index in [4.69, 9.17) is 4.74 Å². The molecule has 1 aromatic rings. The van der Waals surface area contributed by atoms with E-state index in [0.29, 0.717) is 17.0 Å². The quantitative estimate of drug-likeness (QED) is 0.784. The number of benzene rings is 1. The van der Waals surface area contributed by atoms with Crippen molar-refractivity contribution in [3.63, 3.8) is 0 Å². The first-order valence-electron chi connectivity index (χ1n) is 5.74. The molecule has 2 N–H and O–H groups in total. The van der Waals surface area contributed by atoms with Crippen LogP contribution in [0.25, 0.3) is 0 Å². The van der Waals surface area contributed by atoms with Gasteiger partial charge in [0.15, 0.2) is 0 Å². The Kier molecular flexibility index (Phi) is 3.38. The zero-order valence-electron chi connectivity index (χ0n) is 10.5. The molecule has 1 aliphatic rings. The average molecular weight is 314 g/mol. The van der Waals surface area contributed by atoms with Gasteiger partial charge in [-0.25, -0.2) is 0 Å². The predicted molar refractivity (Wildman–Crippen MR) is 73.1 cm³/mol. The minimum atomic E-state index is -0.669. The van der Waals surface area contributed by atoms with Crippen molar-refractivity contribution in [1.29, 1.82) is 0 Å². The number of rotatable bonds is 1. The van der Waals surface area contributed by atoms with Gasteiger partial charge in [0.1, 0.15) is 11.4 Å². The third-order valence-corrected chi connectivity index (χ3v) is 4.57. The van der Waals surface area contributed by atoms with Crippen LogP contribution in [0.1, 0.15) is 32.4 Å². The molecule has 98 valence electrons. The number of hydrogen-bond donors (Lipinski definition) is 2. The van der Waals surface area contributed by atoms with Crippen molar-refractivity contribution in [1.82, 2.24) is 0 Å². The number of carbonyl (C=O) groups is 1. The third-order valence-electron chi connectivity index (χ3n) is 2.96. The number of fused-ring (bicyclic) bond motifs is 1. The summed E-state index contributed by atoms with van der Waals surface area (Å²) in [5.74, 6) is 0.509. The van der Waals surface area contributed by atoms with Gasteiger partial charge >= 0.3 is 0 Å². The van der Waals surface area contributed by atoms with E-state index in [0.717, 1.165) is 0 Å². The van der Waals surface area contributed by atoms with E-state index in [9.17, 15) is 9.90 Å². The second-order valence-corrected chi connectivity index (χ2v) is 5.97. The Morgan fingerprint density at radius 3 is 2.78 bits per heavy atom. The molecule has 0 spiro atoms. The lowest BCUT2D eigenvalue weighted by atomic mass is 9.91. The van der Waals surface area contributed by atoms with Gasteiger partial charge in [-0.2, -0.15) is 0 Å². The maximum Gasteiger partial charge on any atom is 0.221 e. The molecule has 0 saturated heterocycles. The van der Waals surface area contributed by atoms with Gasteiger partial charge in [0.05, 0.1) is 10.9 Å². The Hall–Kier alpha value is -1.07. The van der Waals surface area contributed by atoms with Crippen LogP contribution < -0.4 is 10.1 Å². The maximum absolute atomic E-state index is 11.0. The normalized spacial score (nSPS) is 24.9. The summed E-state index contributed by atoms with van der Waals surface area (Å²) in [6, 6.07) is 5.27. The summed E-state index contributed by atoms with van der Waals surface area (Å²) in [5, 5.41) is 13.0. The fourth-order valence-electron chi connectivity index (χ4n) is 2.03. The van der Waals surface area contributed by atoms with E-state index < -0.39 is 11.7 Å². The fourth-order valence-corrected chi connectivity index (χ4v) is 2.41. The Morgan fingerprint density at radius 2 is 2.17 bits per heavy atom. The lowest BCUT2D eigenvalue weighted by Gasteiger charge is -2.40. The highest BCUT2D eigenvalue weighted by Gasteiger charge is 2.41. The fraction of sp³-hybridized carbons (Fsp3) is 0.462. The van der Waals surface area contributed by atoms with Gasteiger partial charge in [-0.15, -0.1) is 0 Å². The summed E-state index contributed by atoms with van der Waals surface area (Å²) >= 11 is 3.46. The van der Waals surface area contributed by atoms with Crippen molar-refractivity contribution in [2.24, 2.45) is 0 Å². The summed E-state index contributed by atoms with van der Waals surface area (Å²) in [7, 11) is 0. The van der Waals surface area contributed by atoms with Gasteiger partial charge in [-0.05, 0) is 32.0 Å². The van der Waals surface area contributed by atoms with Crippen LogP contribution in [0.2, 0.25) is 0 Å². The van der Waals surface area contributed by atoms with Crippen LogP contribution in [0.15, 0.2) is 18.2 Å². The highest BCUT2D eigenvalue weighted by molar-refractivity contribution is 9.09. The molecule has 0 aromatic heterocycles. The lowest BCUT2D eigenvalue weighted by Crippen LogP contribution is -2.45. The largest absolute Gasteiger partial charge is 0.486 e. The minimum absolute atomic E-state index is 0.142. The van der Waals surface area contributed by atoms with Crippen LogP contribution in [-0.2, 0) is 4.79 Å². The molecule has 2 atom stereocenters. The van der Waals surface area contributed by atoms with Crippen LogP contribution in [-0.4, -0.2) is 21.4 Å². The van der Waals surface area contributed by atoms with E-state index in [1.807, 2.05) is 13.8 Å². The van der Waals surface area contributed by atoms with Crippen LogP contribution in [0.5, 0.6) is 5.75 Å². The maximum atomic E-state index is 11.0. The first-order chi connectivity index (χ1) is 8.31. The lowest BCUT2D eigenvalue weighted by molar-refractivity contribution is -0.114. The van der Waals surface area contributed by atoms with Gasteiger partial charge in [-0.1, -0.05) is 15.9 Å². The Labute approximate surface area is 114 Å². The average Bonchev–Trinajstić information content (AvgIpc) is 2.26. The molecule has 18 heavy (non-hydrogen) atoms. The van der Waals surface area contributed by atoms with Gasteiger partial charge in [0.2, 0.25) is 5.91 Å². The number of aliphatic hydroxyl groups excluding tert-OH is 1. The monoisotopic (exact) mass is 313 g/mol. The summed E-state index contributed by atoms with van der Waals surface area (Å²) in [4.78, 5) is 10.8. The number of nitrogens with one attached hydrogen (secondary N) is 1. The second-order valence-electron chi connectivity index (χ2n) is 4.99. The van der Waals surface area contributed by atoms with Gasteiger partial charge in [0.25, 0.3) is 0 Å². The molecule has 1 heterocycles. The van der Waals surface area contributed by atoms with Gasteiger partial charge < -0.3 is 15.2 Å². The van der Waals surface area contributed by atoms with Crippen LogP contribution in [0.4, 0.5) is 5.69 Å². The van der Waals surface area contributed by atoms with E-state index >= 15 is 0 Å². The molecule has 1 amide bonds. The van der Waals surface area contributed by atoms with Crippen molar-refractivity contribution in [2.45, 2.75) is 37.3 Å². The van der Waals surface area contributed by atoms with Crippen molar-refractivity contribution in [2.75, 3.05) is 5.32 Å². The summed E-state index contributed by atoms with van der Waals surface area (Å²) in [5.41, 5.74) is 0.854. The molecule has 5 heteroatoms. The zero-order chi connectivity index (χ0) is 13.5. The SMILES string of the molecule is CC(=O)Nc1ccc2c(c1)C(O)C(Br)C(C)(C)O2. The number of ether oxygens (including phenoxy) is 1. The van der Waals surface area contributed by atoms with Crippen LogP contribution >= 0.6 is 15.9 Å². The number of carbonyl (C=O) groups excluding carboxylic acids is 1. The molecular formula is C13H16BrNO3. The molecule has 0 bridgehead atoms. The summed E-state index contributed by atoms with van der Waals surface area (Å²) < 4.78 is 5.84. The smallest absolute Gasteiger partial charge is 0.221 e. The Morgan fingerprint density at radius 1 is 1.50 bits per heavy atom. The number of aliphatic hydroxyl groups is 1. The molecule has 0 saturated carbocycles. The molecule has 1 aromatic carbocycles. The molecule has 0 aliphatic carbocycles. The first kappa shape index (κ1) is 13.4. The minimum Gasteiger partial charge on any atom is -0.486 e. The number of halogens is 1. The highest BCUT2D eigenvalue weighted by atomic mass is 79.9. The molecular weight excluding hydrogens is 298 g/mol. The molecule has 2 rings (SSSR count). The highest BCUT2D eigenvalue weighted by Crippen LogP contribution is 2.44. The first-order valence-corrected chi connectivity index (χ1v) is 6.65. The molecule has 0 fully saturated rings. The van der Waals surface area contributed by atoms with Gasteiger partial charge in [-0.3, -0.25) is 4.79 Å². The van der Waals surface area contributed by atoms with Crippen LogP contribution in [0, 0.1) is 0 Å². The number of hydrogen-bond acceptors (Lipinski definition) is 3. The second kappa shape index (κ2) is 4.55. The predicted octanol–water partition coefficient (Wildman–Crippen LogP) is 2.61. The summed E-state index contributed by atoms with van der Waals surface area (Å²) in [6.07, 6.45) is -0.669. The molecule has 0 radical (unpaired) electrons. The summed E-state index contributed by atoms with van der Waals surface area (Å²) in [6.45, 7) is 5.28. The molecule has 1 aliphatic heterocycles. The van der Waals surface area contributed by atoms with E-state index in [2.05, 4.69) is 21.2 Å². The van der Waals surface area contributed by atoms with Crippen molar-refractivity contribution >= 4 is 27.5 Å². The van der Waals surface area contributed by atoms with Crippen molar-refractivity contribution in [3.05, 3.63) is 23.8 Å². The number of alkyl halides is 1. The topological polar surface area (TPSA) is 58.6 Å². The van der Waals surface area contributed by atoms with Crippen molar-refractivity contribution < 1.29 is 14.6 Å².